The van der Waals surface area contributed by atoms with E-state index in [0.717, 1.165) is 36.2 Å². The largest absolute Gasteiger partial charge is 0.345 e. The first-order valence-corrected chi connectivity index (χ1v) is 6.89. The number of carbonyl (C=O) groups excluding carboxylic acids is 1. The number of carbonyl (C=O) groups is 1. The molecular formula is C12H19N3OS. The summed E-state index contributed by atoms with van der Waals surface area (Å²) < 4.78 is 0. The van der Waals surface area contributed by atoms with Gasteiger partial charge < -0.3 is 4.90 Å². The van der Waals surface area contributed by atoms with Crippen molar-refractivity contribution in [2.24, 2.45) is 0 Å². The van der Waals surface area contributed by atoms with E-state index in [4.69, 9.17) is 0 Å². The van der Waals surface area contributed by atoms with Gasteiger partial charge >= 0.3 is 0 Å². The molecule has 1 unspecified atom stereocenters. The Kier molecular flexibility index (Phi) is 3.79. The minimum atomic E-state index is 0.106. The summed E-state index contributed by atoms with van der Waals surface area (Å²) >= 11 is 1.51. The first-order chi connectivity index (χ1) is 8.11. The second-order valence-corrected chi connectivity index (χ2v) is 5.50. The van der Waals surface area contributed by atoms with E-state index in [-0.39, 0.29) is 5.78 Å². The van der Waals surface area contributed by atoms with Crippen molar-refractivity contribution in [1.29, 1.82) is 0 Å². The minimum absolute atomic E-state index is 0.106. The Bertz CT molecular complexity index is 404. The van der Waals surface area contributed by atoms with Crippen LogP contribution < -0.4 is 4.90 Å². The molecule has 1 aromatic rings. The fraction of sp³-hybridized carbons (Fsp3) is 0.667. The van der Waals surface area contributed by atoms with Crippen LogP contribution in [0.15, 0.2) is 6.20 Å². The predicted molar refractivity (Wildman–Crippen MR) is 71.0 cm³/mol. The zero-order valence-electron chi connectivity index (χ0n) is 10.6. The lowest BCUT2D eigenvalue weighted by Gasteiger charge is -2.39. The number of piperazine rings is 1. The van der Waals surface area contributed by atoms with Crippen LogP contribution in [0.3, 0.4) is 0 Å². The molecule has 2 heterocycles. The van der Waals surface area contributed by atoms with E-state index < -0.39 is 0 Å². The van der Waals surface area contributed by atoms with Crippen LogP contribution in [-0.2, 0) is 0 Å². The molecule has 1 saturated heterocycles. The van der Waals surface area contributed by atoms with Gasteiger partial charge in [0.2, 0.25) is 0 Å². The minimum Gasteiger partial charge on any atom is -0.345 e. The number of aromatic nitrogens is 1. The van der Waals surface area contributed by atoms with E-state index in [0.29, 0.717) is 6.04 Å². The van der Waals surface area contributed by atoms with Gasteiger partial charge in [0.05, 0.1) is 11.1 Å². The molecule has 0 aromatic carbocycles. The number of hydrogen-bond donors (Lipinski definition) is 0. The number of likely N-dealkylation sites (N-methyl/N-ethyl adjacent to an activating group) is 1. The third kappa shape index (κ3) is 2.66. The van der Waals surface area contributed by atoms with Gasteiger partial charge in [0.15, 0.2) is 10.9 Å². The zero-order valence-corrected chi connectivity index (χ0v) is 11.5. The fourth-order valence-electron chi connectivity index (χ4n) is 2.21. The van der Waals surface area contributed by atoms with Crippen LogP contribution in [-0.4, -0.2) is 47.9 Å². The molecule has 1 aliphatic rings. The van der Waals surface area contributed by atoms with Crippen LogP contribution in [0.5, 0.6) is 0 Å². The summed E-state index contributed by atoms with van der Waals surface area (Å²) in [4.78, 5) is 21.1. The molecule has 0 N–H and O–H groups in total. The molecule has 1 fully saturated rings. The predicted octanol–water partition coefficient (Wildman–Crippen LogP) is 1.88. The van der Waals surface area contributed by atoms with Crippen molar-refractivity contribution >= 4 is 22.3 Å². The van der Waals surface area contributed by atoms with Gasteiger partial charge in [0, 0.05) is 32.6 Å². The van der Waals surface area contributed by atoms with Gasteiger partial charge in [-0.1, -0.05) is 18.3 Å². The molecule has 2 rings (SSSR count). The average molecular weight is 253 g/mol. The number of rotatable bonds is 3. The number of nitrogens with zero attached hydrogens (tertiary/aromatic N) is 3. The Morgan fingerprint density at radius 3 is 2.88 bits per heavy atom. The quantitative estimate of drug-likeness (QED) is 0.771. The molecule has 1 aromatic heterocycles. The molecule has 0 bridgehead atoms. The van der Waals surface area contributed by atoms with E-state index >= 15 is 0 Å². The third-order valence-electron chi connectivity index (χ3n) is 3.28. The second-order valence-electron chi connectivity index (χ2n) is 4.49. The molecule has 0 amide bonds. The number of ketones is 1. The summed E-state index contributed by atoms with van der Waals surface area (Å²) in [6, 6.07) is 0.554. The maximum Gasteiger partial charge on any atom is 0.186 e. The number of hydrogen-bond acceptors (Lipinski definition) is 5. The number of Topliss-reactive ketones (excluding diaryl/α,β-unsaturated/α-hetero) is 1. The first kappa shape index (κ1) is 12.5. The Hall–Kier alpha value is -0.940. The van der Waals surface area contributed by atoms with Crippen molar-refractivity contribution in [3.8, 4) is 0 Å². The average Bonchev–Trinajstić information content (AvgIpc) is 2.78. The Morgan fingerprint density at radius 1 is 1.59 bits per heavy atom. The summed E-state index contributed by atoms with van der Waals surface area (Å²) in [7, 11) is 0. The van der Waals surface area contributed by atoms with Gasteiger partial charge in [-0.2, -0.15) is 0 Å². The molecule has 17 heavy (non-hydrogen) atoms. The molecule has 4 nitrogen and oxygen atoms in total. The van der Waals surface area contributed by atoms with Crippen LogP contribution >= 0.6 is 11.3 Å². The van der Waals surface area contributed by atoms with Gasteiger partial charge in [0.25, 0.3) is 0 Å². The summed E-state index contributed by atoms with van der Waals surface area (Å²) in [5.41, 5.74) is 0. The normalized spacial score (nSPS) is 21.8. The van der Waals surface area contributed by atoms with Gasteiger partial charge in [-0.15, -0.1) is 0 Å². The maximum absolute atomic E-state index is 11.2. The molecule has 0 spiro atoms. The van der Waals surface area contributed by atoms with Crippen molar-refractivity contribution in [3.63, 3.8) is 0 Å². The van der Waals surface area contributed by atoms with Crippen LogP contribution in [0, 0.1) is 0 Å². The smallest absolute Gasteiger partial charge is 0.186 e. The van der Waals surface area contributed by atoms with Gasteiger partial charge in [-0.3, -0.25) is 9.69 Å². The lowest BCUT2D eigenvalue weighted by molar-refractivity contribution is 0.102. The van der Waals surface area contributed by atoms with E-state index in [1.165, 1.54) is 11.3 Å². The van der Waals surface area contributed by atoms with Gasteiger partial charge in [-0.05, 0) is 13.5 Å². The SMILES string of the molecule is CCN1CCN(c2ncc(C(C)=O)s2)CC1C. The van der Waals surface area contributed by atoms with Crippen molar-refractivity contribution in [1.82, 2.24) is 9.88 Å². The number of anilines is 1. The second kappa shape index (κ2) is 5.14. The van der Waals surface area contributed by atoms with Crippen LogP contribution in [0.1, 0.15) is 30.4 Å². The van der Waals surface area contributed by atoms with Crippen LogP contribution in [0.4, 0.5) is 5.13 Å². The standard InChI is InChI=1S/C12H19N3OS/c1-4-14-5-6-15(8-9(14)2)12-13-7-11(17-12)10(3)16/h7,9H,4-6,8H2,1-3H3. The maximum atomic E-state index is 11.2. The highest BCUT2D eigenvalue weighted by molar-refractivity contribution is 7.17. The van der Waals surface area contributed by atoms with E-state index in [9.17, 15) is 4.79 Å². The highest BCUT2D eigenvalue weighted by Gasteiger charge is 2.24. The van der Waals surface area contributed by atoms with Crippen LogP contribution in [0.25, 0.3) is 0 Å². The van der Waals surface area contributed by atoms with Crippen molar-refractivity contribution in [2.45, 2.75) is 26.8 Å². The molecule has 94 valence electrons. The zero-order chi connectivity index (χ0) is 12.4. The first-order valence-electron chi connectivity index (χ1n) is 6.07. The van der Waals surface area contributed by atoms with E-state index in [2.05, 4.69) is 28.6 Å². The Labute approximate surface area is 106 Å². The Morgan fingerprint density at radius 2 is 2.35 bits per heavy atom. The van der Waals surface area contributed by atoms with Crippen molar-refractivity contribution in [3.05, 3.63) is 11.1 Å². The van der Waals surface area contributed by atoms with Crippen molar-refractivity contribution < 1.29 is 4.79 Å². The fourth-order valence-corrected chi connectivity index (χ4v) is 3.06. The highest BCUT2D eigenvalue weighted by atomic mass is 32.1. The summed E-state index contributed by atoms with van der Waals surface area (Å²) in [6.45, 7) is 10.2. The lowest BCUT2D eigenvalue weighted by atomic mass is 10.2. The van der Waals surface area contributed by atoms with E-state index in [1.54, 1.807) is 13.1 Å². The number of thiazole rings is 1. The molecule has 0 radical (unpaired) electrons. The molecule has 5 heteroatoms. The van der Waals surface area contributed by atoms with Gasteiger partial charge in [0.1, 0.15) is 0 Å². The molecule has 0 saturated carbocycles. The highest BCUT2D eigenvalue weighted by Crippen LogP contribution is 2.25. The molecule has 1 aliphatic heterocycles. The molecule has 0 aliphatic carbocycles. The van der Waals surface area contributed by atoms with Crippen LogP contribution in [0.2, 0.25) is 0 Å². The monoisotopic (exact) mass is 253 g/mol. The Balaban J connectivity index is 2.06. The lowest BCUT2D eigenvalue weighted by Crippen LogP contribution is -2.51. The third-order valence-corrected chi connectivity index (χ3v) is 4.44. The summed E-state index contributed by atoms with van der Waals surface area (Å²) in [5.74, 6) is 0.106. The van der Waals surface area contributed by atoms with Crippen molar-refractivity contribution in [2.75, 3.05) is 31.1 Å². The summed E-state index contributed by atoms with van der Waals surface area (Å²) in [5, 5.41) is 0.984. The topological polar surface area (TPSA) is 36.4 Å². The van der Waals surface area contributed by atoms with Gasteiger partial charge in [-0.25, -0.2) is 4.98 Å². The summed E-state index contributed by atoms with van der Waals surface area (Å²) in [6.07, 6.45) is 1.69. The molecular weight excluding hydrogens is 234 g/mol. The molecule has 1 atom stereocenters. The van der Waals surface area contributed by atoms with E-state index in [1.807, 2.05) is 0 Å².